The Morgan fingerprint density at radius 3 is 2.74 bits per heavy atom. The van der Waals surface area contributed by atoms with Crippen LogP contribution < -0.4 is 5.32 Å². The largest absolute Gasteiger partial charge is 0.444 e. The van der Waals surface area contributed by atoms with Gasteiger partial charge in [0.1, 0.15) is 5.60 Å². The van der Waals surface area contributed by atoms with Crippen molar-refractivity contribution in [3.05, 3.63) is 28.5 Å². The second kappa shape index (κ2) is 7.59. The lowest BCUT2D eigenvalue weighted by Gasteiger charge is -2.24. The van der Waals surface area contributed by atoms with Gasteiger partial charge in [-0.3, -0.25) is 4.98 Å². The normalized spacial score (nSPS) is 21.5. The van der Waals surface area contributed by atoms with Gasteiger partial charge in [0.05, 0.1) is 24.4 Å². The summed E-state index contributed by atoms with van der Waals surface area (Å²) in [4.78, 5) is 18.2. The molecule has 6 nitrogen and oxygen atoms in total. The van der Waals surface area contributed by atoms with Crippen molar-refractivity contribution in [2.75, 3.05) is 20.2 Å². The Balaban J connectivity index is 1.91. The van der Waals surface area contributed by atoms with Gasteiger partial charge < -0.3 is 19.7 Å². The Bertz CT molecular complexity index is 530. The molecule has 1 fully saturated rings. The number of carbonyl (C=O) groups is 1. The average Bonchev–Trinajstić information content (AvgIpc) is 2.88. The molecule has 0 bridgehead atoms. The van der Waals surface area contributed by atoms with Gasteiger partial charge in [0, 0.05) is 30.9 Å². The lowest BCUT2D eigenvalue weighted by molar-refractivity contribution is 0.0252. The number of nitrogens with zero attached hydrogens (tertiary/aromatic N) is 2. The van der Waals surface area contributed by atoms with Gasteiger partial charge in [0.2, 0.25) is 0 Å². The number of carbonyl (C=O) groups excluding carboxylic acids is 1. The number of methoxy groups -OCH3 is 1. The van der Waals surface area contributed by atoms with E-state index in [1.54, 1.807) is 18.2 Å². The third-order valence-corrected chi connectivity index (χ3v) is 4.02. The van der Waals surface area contributed by atoms with Gasteiger partial charge in [-0.2, -0.15) is 0 Å². The first kappa shape index (κ1) is 18.2. The van der Waals surface area contributed by atoms with Gasteiger partial charge in [0.15, 0.2) is 0 Å². The highest BCUT2D eigenvalue weighted by Crippen LogP contribution is 2.18. The van der Waals surface area contributed by atoms with Crippen LogP contribution in [0, 0.1) is 0 Å². The van der Waals surface area contributed by atoms with E-state index in [1.807, 2.05) is 32.9 Å². The van der Waals surface area contributed by atoms with Crippen LogP contribution in [0.5, 0.6) is 0 Å². The highest BCUT2D eigenvalue weighted by atomic mass is 79.9. The summed E-state index contributed by atoms with van der Waals surface area (Å²) in [6, 6.07) is 3.97. The average molecular weight is 386 g/mol. The number of amides is 1. The first-order valence-corrected chi connectivity index (χ1v) is 8.42. The summed E-state index contributed by atoms with van der Waals surface area (Å²) in [6.07, 6.45) is 1.41. The van der Waals surface area contributed by atoms with Crippen LogP contribution in [0.1, 0.15) is 26.5 Å². The van der Waals surface area contributed by atoms with Crippen LogP contribution in [0.2, 0.25) is 0 Å². The van der Waals surface area contributed by atoms with Gasteiger partial charge in [-0.1, -0.05) is 0 Å². The number of nitrogens with one attached hydrogen (secondary N) is 1. The first-order chi connectivity index (χ1) is 10.8. The van der Waals surface area contributed by atoms with Crippen molar-refractivity contribution >= 4 is 22.0 Å². The van der Waals surface area contributed by atoms with Gasteiger partial charge >= 0.3 is 6.09 Å². The van der Waals surface area contributed by atoms with Gasteiger partial charge in [-0.15, -0.1) is 0 Å². The highest BCUT2D eigenvalue weighted by molar-refractivity contribution is 9.10. The van der Waals surface area contributed by atoms with Crippen LogP contribution in [0.4, 0.5) is 4.79 Å². The quantitative estimate of drug-likeness (QED) is 0.862. The van der Waals surface area contributed by atoms with E-state index in [1.165, 1.54) is 0 Å². The molecule has 0 spiro atoms. The minimum atomic E-state index is -0.494. The molecule has 2 heterocycles. The van der Waals surface area contributed by atoms with Crippen molar-refractivity contribution in [1.82, 2.24) is 15.2 Å². The number of halogens is 1. The zero-order valence-corrected chi connectivity index (χ0v) is 15.6. The van der Waals surface area contributed by atoms with Crippen molar-refractivity contribution in [3.8, 4) is 0 Å². The molecule has 1 amide bonds. The van der Waals surface area contributed by atoms with Crippen LogP contribution in [-0.2, 0) is 16.0 Å². The topological polar surface area (TPSA) is 63.7 Å². The molecule has 1 aliphatic rings. The molecule has 7 heteroatoms. The monoisotopic (exact) mass is 385 g/mol. The molecule has 1 aromatic heterocycles. The molecule has 1 N–H and O–H groups in total. The SMILES string of the molecule is CO[C@H]1CN(C(=O)OC(C)(C)C)CC1NCc1ccc(Br)cn1. The Morgan fingerprint density at radius 1 is 1.43 bits per heavy atom. The first-order valence-electron chi connectivity index (χ1n) is 7.63. The number of rotatable bonds is 4. The fourth-order valence-electron chi connectivity index (χ4n) is 2.43. The summed E-state index contributed by atoms with van der Waals surface area (Å²) in [6.45, 7) is 7.30. The summed E-state index contributed by atoms with van der Waals surface area (Å²) in [7, 11) is 1.66. The van der Waals surface area contributed by atoms with Crippen LogP contribution in [0.3, 0.4) is 0 Å². The smallest absolute Gasteiger partial charge is 0.410 e. The number of pyridine rings is 1. The summed E-state index contributed by atoms with van der Waals surface area (Å²) >= 11 is 3.37. The molecule has 0 radical (unpaired) electrons. The minimum absolute atomic E-state index is 0.0537. The van der Waals surface area contributed by atoms with E-state index in [2.05, 4.69) is 26.2 Å². The molecular weight excluding hydrogens is 362 g/mol. The van der Waals surface area contributed by atoms with Crippen molar-refractivity contribution in [1.29, 1.82) is 0 Å². The Kier molecular flexibility index (Phi) is 6.00. The fraction of sp³-hybridized carbons (Fsp3) is 0.625. The van der Waals surface area contributed by atoms with Crippen LogP contribution in [0.25, 0.3) is 0 Å². The minimum Gasteiger partial charge on any atom is -0.444 e. The summed E-state index contributed by atoms with van der Waals surface area (Å²) in [5, 5.41) is 3.41. The molecule has 2 atom stereocenters. The van der Waals surface area contributed by atoms with Crippen molar-refractivity contribution in [3.63, 3.8) is 0 Å². The maximum absolute atomic E-state index is 12.2. The third-order valence-electron chi connectivity index (χ3n) is 3.55. The van der Waals surface area contributed by atoms with Crippen molar-refractivity contribution in [2.24, 2.45) is 0 Å². The molecule has 1 saturated heterocycles. The lowest BCUT2D eigenvalue weighted by atomic mass is 10.2. The molecular formula is C16H24BrN3O3. The van der Waals surface area contributed by atoms with E-state index in [0.717, 1.165) is 10.2 Å². The summed E-state index contributed by atoms with van der Waals surface area (Å²) in [5.41, 5.74) is 0.450. The molecule has 0 saturated carbocycles. The van der Waals surface area contributed by atoms with Crippen molar-refractivity contribution < 1.29 is 14.3 Å². The Labute approximate surface area is 145 Å². The Morgan fingerprint density at radius 2 is 2.17 bits per heavy atom. The van der Waals surface area contributed by atoms with E-state index in [4.69, 9.17) is 9.47 Å². The molecule has 23 heavy (non-hydrogen) atoms. The molecule has 1 aliphatic heterocycles. The van der Waals surface area contributed by atoms with Crippen LogP contribution in [0.15, 0.2) is 22.8 Å². The number of hydrogen-bond acceptors (Lipinski definition) is 5. The summed E-state index contributed by atoms with van der Waals surface area (Å²) < 4.78 is 11.9. The lowest BCUT2D eigenvalue weighted by Crippen LogP contribution is -2.40. The second-order valence-electron chi connectivity index (χ2n) is 6.61. The maximum Gasteiger partial charge on any atom is 0.410 e. The van der Waals surface area contributed by atoms with E-state index >= 15 is 0 Å². The highest BCUT2D eigenvalue weighted by Gasteiger charge is 2.37. The number of likely N-dealkylation sites (tertiary alicyclic amines) is 1. The van der Waals surface area contributed by atoms with E-state index in [9.17, 15) is 4.79 Å². The molecule has 0 aliphatic carbocycles. The number of hydrogen-bond donors (Lipinski definition) is 1. The standard InChI is InChI=1S/C16H24BrN3O3/c1-16(2,3)23-15(21)20-9-13(14(10-20)22-4)19-8-12-6-5-11(17)7-18-12/h5-7,13-14,19H,8-10H2,1-4H3/t13?,14-/m0/s1. The predicted molar refractivity (Wildman–Crippen MR) is 91.2 cm³/mol. The third kappa shape index (κ3) is 5.44. The van der Waals surface area contributed by atoms with E-state index in [-0.39, 0.29) is 18.2 Å². The maximum atomic E-state index is 12.2. The molecule has 2 rings (SSSR count). The zero-order chi connectivity index (χ0) is 17.0. The summed E-state index contributed by atoms with van der Waals surface area (Å²) in [5.74, 6) is 0. The second-order valence-corrected chi connectivity index (χ2v) is 7.53. The van der Waals surface area contributed by atoms with Crippen LogP contribution >= 0.6 is 15.9 Å². The van der Waals surface area contributed by atoms with Gasteiger partial charge in [-0.25, -0.2) is 4.79 Å². The number of aromatic nitrogens is 1. The van der Waals surface area contributed by atoms with E-state index < -0.39 is 5.60 Å². The van der Waals surface area contributed by atoms with E-state index in [0.29, 0.717) is 19.6 Å². The molecule has 1 unspecified atom stereocenters. The van der Waals surface area contributed by atoms with Gasteiger partial charge in [0.25, 0.3) is 0 Å². The Hall–Kier alpha value is -1.18. The zero-order valence-electron chi connectivity index (χ0n) is 14.0. The fourth-order valence-corrected chi connectivity index (χ4v) is 2.67. The number of ether oxygens (including phenoxy) is 2. The molecule has 1 aromatic rings. The van der Waals surface area contributed by atoms with Crippen molar-refractivity contribution in [2.45, 2.75) is 45.1 Å². The molecule has 128 valence electrons. The molecule has 0 aromatic carbocycles. The predicted octanol–water partition coefficient (Wildman–Crippen LogP) is 2.57. The van der Waals surface area contributed by atoms with Crippen LogP contribution in [-0.4, -0.2) is 53.9 Å². The van der Waals surface area contributed by atoms with Gasteiger partial charge in [-0.05, 0) is 48.8 Å².